The van der Waals surface area contributed by atoms with Gasteiger partial charge in [0.05, 0.1) is 11.6 Å². The molecule has 4 N–H and O–H groups in total. The number of rotatable bonds is 6. The molecule has 136 valence electrons. The predicted molar refractivity (Wildman–Crippen MR) is 105 cm³/mol. The summed E-state index contributed by atoms with van der Waals surface area (Å²) >= 11 is 1.82. The molecule has 0 aliphatic carbocycles. The first-order valence-corrected chi connectivity index (χ1v) is 9.84. The SMILES string of the molecule is Nc1ncnc2c(CCN3C[C@H](CSc4ccccc4)[C@@H](O)C3)c[nH]c12. The number of β-amino-alcohol motifs (C(OH)–C–C–N with tert-alkyl or cyclic N) is 1. The highest BCUT2D eigenvalue weighted by Crippen LogP contribution is 2.27. The van der Waals surface area contributed by atoms with Crippen molar-refractivity contribution >= 4 is 28.6 Å². The number of fused-ring (bicyclic) bond motifs is 1. The smallest absolute Gasteiger partial charge is 0.151 e. The van der Waals surface area contributed by atoms with Crippen molar-refractivity contribution in [2.24, 2.45) is 5.92 Å². The summed E-state index contributed by atoms with van der Waals surface area (Å²) in [5.74, 6) is 1.73. The Balaban J connectivity index is 1.32. The van der Waals surface area contributed by atoms with E-state index in [1.165, 1.54) is 11.2 Å². The van der Waals surface area contributed by atoms with E-state index in [2.05, 4.69) is 44.1 Å². The fourth-order valence-electron chi connectivity index (χ4n) is 3.49. The number of nitrogens with zero attached hydrogens (tertiary/aromatic N) is 3. The van der Waals surface area contributed by atoms with Gasteiger partial charge in [0.1, 0.15) is 11.8 Å². The molecule has 0 bridgehead atoms. The molecule has 6 nitrogen and oxygen atoms in total. The quantitative estimate of drug-likeness (QED) is 0.577. The Morgan fingerprint density at radius 3 is 2.92 bits per heavy atom. The molecule has 0 saturated carbocycles. The van der Waals surface area contributed by atoms with E-state index < -0.39 is 0 Å². The minimum Gasteiger partial charge on any atom is -0.391 e. The van der Waals surface area contributed by atoms with Gasteiger partial charge in [-0.25, -0.2) is 9.97 Å². The van der Waals surface area contributed by atoms with Gasteiger partial charge in [-0.2, -0.15) is 0 Å². The molecule has 2 aromatic heterocycles. The van der Waals surface area contributed by atoms with Crippen molar-refractivity contribution in [2.45, 2.75) is 17.4 Å². The fourth-order valence-corrected chi connectivity index (χ4v) is 4.57. The number of H-pyrrole nitrogens is 1. The summed E-state index contributed by atoms with van der Waals surface area (Å²) in [5, 5.41) is 10.4. The number of nitrogens with one attached hydrogen (secondary N) is 1. The molecule has 3 aromatic rings. The van der Waals surface area contributed by atoms with Crippen molar-refractivity contribution < 1.29 is 5.11 Å². The first-order chi connectivity index (χ1) is 12.7. The molecule has 3 heterocycles. The highest BCUT2D eigenvalue weighted by Gasteiger charge is 2.31. The van der Waals surface area contributed by atoms with E-state index in [0.29, 0.717) is 11.7 Å². The zero-order valence-electron chi connectivity index (χ0n) is 14.5. The number of nitrogen functional groups attached to an aromatic ring is 1. The maximum absolute atomic E-state index is 10.4. The van der Waals surface area contributed by atoms with Crippen LogP contribution in [0.2, 0.25) is 0 Å². The number of likely N-dealkylation sites (tertiary alicyclic amines) is 1. The van der Waals surface area contributed by atoms with Crippen molar-refractivity contribution in [1.29, 1.82) is 0 Å². The summed E-state index contributed by atoms with van der Waals surface area (Å²) in [5.41, 5.74) is 8.72. The van der Waals surface area contributed by atoms with Gasteiger partial charge in [0.2, 0.25) is 0 Å². The van der Waals surface area contributed by atoms with Gasteiger partial charge in [0.25, 0.3) is 0 Å². The average Bonchev–Trinajstić information content (AvgIpc) is 3.23. The summed E-state index contributed by atoms with van der Waals surface area (Å²) in [7, 11) is 0. The van der Waals surface area contributed by atoms with Crippen LogP contribution in [0.3, 0.4) is 0 Å². The molecular formula is C19H23N5OS. The molecule has 4 rings (SSSR count). The number of aliphatic hydroxyl groups is 1. The zero-order chi connectivity index (χ0) is 17.9. The number of benzene rings is 1. The van der Waals surface area contributed by atoms with Crippen LogP contribution in [0.25, 0.3) is 11.0 Å². The van der Waals surface area contributed by atoms with E-state index in [1.54, 1.807) is 0 Å². The third kappa shape index (κ3) is 3.70. The summed E-state index contributed by atoms with van der Waals surface area (Å²) in [6.07, 6.45) is 4.09. The van der Waals surface area contributed by atoms with Gasteiger partial charge in [0.15, 0.2) is 5.82 Å². The lowest BCUT2D eigenvalue weighted by atomic mass is 10.1. The van der Waals surface area contributed by atoms with E-state index in [0.717, 1.165) is 48.4 Å². The Hall–Kier alpha value is -2.09. The summed E-state index contributed by atoms with van der Waals surface area (Å²) in [4.78, 5) is 15.1. The highest BCUT2D eigenvalue weighted by molar-refractivity contribution is 7.99. The number of anilines is 1. The summed E-state index contributed by atoms with van der Waals surface area (Å²) < 4.78 is 0. The minimum atomic E-state index is -0.257. The number of aromatic amines is 1. The van der Waals surface area contributed by atoms with Crippen molar-refractivity contribution in [3.8, 4) is 0 Å². The molecule has 1 aromatic carbocycles. The number of aliphatic hydroxyl groups excluding tert-OH is 1. The number of aromatic nitrogens is 3. The molecular weight excluding hydrogens is 346 g/mol. The zero-order valence-corrected chi connectivity index (χ0v) is 15.3. The minimum absolute atomic E-state index is 0.257. The van der Waals surface area contributed by atoms with Crippen LogP contribution in [0.5, 0.6) is 0 Å². The third-order valence-corrected chi connectivity index (χ3v) is 6.16. The molecule has 0 unspecified atom stereocenters. The van der Waals surface area contributed by atoms with Crippen molar-refractivity contribution in [2.75, 3.05) is 31.1 Å². The first kappa shape index (κ1) is 17.3. The Morgan fingerprint density at radius 2 is 2.08 bits per heavy atom. The van der Waals surface area contributed by atoms with Crippen molar-refractivity contribution in [1.82, 2.24) is 19.9 Å². The lowest BCUT2D eigenvalue weighted by molar-refractivity contribution is 0.150. The maximum atomic E-state index is 10.4. The molecule has 1 fully saturated rings. The van der Waals surface area contributed by atoms with Crippen LogP contribution in [0.15, 0.2) is 47.8 Å². The van der Waals surface area contributed by atoms with Gasteiger partial charge < -0.3 is 20.7 Å². The predicted octanol–water partition coefficient (Wildman–Crippen LogP) is 2.17. The largest absolute Gasteiger partial charge is 0.391 e. The van der Waals surface area contributed by atoms with E-state index in [9.17, 15) is 5.11 Å². The molecule has 0 spiro atoms. The monoisotopic (exact) mass is 369 g/mol. The number of hydrogen-bond acceptors (Lipinski definition) is 6. The van der Waals surface area contributed by atoms with Gasteiger partial charge in [-0.1, -0.05) is 18.2 Å². The molecule has 7 heteroatoms. The molecule has 1 saturated heterocycles. The second kappa shape index (κ2) is 7.65. The summed E-state index contributed by atoms with van der Waals surface area (Å²) in [6.45, 7) is 2.57. The van der Waals surface area contributed by atoms with E-state index >= 15 is 0 Å². The van der Waals surface area contributed by atoms with Gasteiger partial charge >= 0.3 is 0 Å². The van der Waals surface area contributed by atoms with Crippen LogP contribution in [0.1, 0.15) is 5.56 Å². The van der Waals surface area contributed by atoms with Gasteiger partial charge in [-0.3, -0.25) is 0 Å². The fraction of sp³-hybridized carbons (Fsp3) is 0.368. The number of thioether (sulfide) groups is 1. The van der Waals surface area contributed by atoms with Crippen LogP contribution in [0.4, 0.5) is 5.82 Å². The third-order valence-electron chi connectivity index (χ3n) is 4.96. The van der Waals surface area contributed by atoms with Crippen LogP contribution in [0, 0.1) is 5.92 Å². The Bertz CT molecular complexity index is 869. The van der Waals surface area contributed by atoms with E-state index in [1.807, 2.05) is 24.0 Å². The van der Waals surface area contributed by atoms with Gasteiger partial charge in [-0.15, -0.1) is 11.8 Å². The number of hydrogen-bond donors (Lipinski definition) is 3. The molecule has 1 aliphatic heterocycles. The highest BCUT2D eigenvalue weighted by atomic mass is 32.2. The standard InChI is InChI=1S/C19H23N5OS/c20-19-18-17(22-12-23-19)13(8-21-18)6-7-24-9-14(16(25)10-24)11-26-15-4-2-1-3-5-15/h1-5,8,12,14,16,21,25H,6-7,9-11H2,(H2,20,22,23)/t14-,16+/m1/s1. The average molecular weight is 369 g/mol. The van der Waals surface area contributed by atoms with Gasteiger partial charge in [-0.05, 0) is 24.1 Å². The van der Waals surface area contributed by atoms with E-state index in [4.69, 9.17) is 5.73 Å². The Kier molecular flexibility index (Phi) is 5.10. The Morgan fingerprint density at radius 1 is 1.23 bits per heavy atom. The Labute approximate surface area is 156 Å². The van der Waals surface area contributed by atoms with Gasteiger partial charge in [0, 0.05) is 42.4 Å². The maximum Gasteiger partial charge on any atom is 0.151 e. The second-order valence-electron chi connectivity index (χ2n) is 6.76. The molecule has 26 heavy (non-hydrogen) atoms. The molecule has 0 radical (unpaired) electrons. The lowest BCUT2D eigenvalue weighted by Crippen LogP contribution is -2.24. The van der Waals surface area contributed by atoms with Crippen LogP contribution in [-0.2, 0) is 6.42 Å². The molecule has 1 aliphatic rings. The van der Waals surface area contributed by atoms with Crippen molar-refractivity contribution in [3.63, 3.8) is 0 Å². The topological polar surface area (TPSA) is 91.1 Å². The second-order valence-corrected chi connectivity index (χ2v) is 7.85. The summed E-state index contributed by atoms with van der Waals surface area (Å²) in [6, 6.07) is 10.4. The molecule has 0 amide bonds. The van der Waals surface area contributed by atoms with Crippen LogP contribution >= 0.6 is 11.8 Å². The lowest BCUT2D eigenvalue weighted by Gasteiger charge is -2.15. The first-order valence-electron chi connectivity index (χ1n) is 8.85. The number of nitrogens with two attached hydrogens (primary N) is 1. The molecule has 2 atom stereocenters. The van der Waals surface area contributed by atoms with Crippen molar-refractivity contribution in [3.05, 3.63) is 48.4 Å². The normalized spacial score (nSPS) is 20.8. The van der Waals surface area contributed by atoms with Crippen LogP contribution < -0.4 is 5.73 Å². The van der Waals surface area contributed by atoms with E-state index in [-0.39, 0.29) is 6.10 Å². The van der Waals surface area contributed by atoms with Crippen LogP contribution in [-0.4, -0.2) is 56.4 Å².